The number of rotatable bonds is 4. The number of amides is 2. The van der Waals surface area contributed by atoms with Gasteiger partial charge in [0.1, 0.15) is 0 Å². The van der Waals surface area contributed by atoms with Crippen LogP contribution in [0, 0.1) is 20.8 Å². The van der Waals surface area contributed by atoms with E-state index in [2.05, 4.69) is 28.1 Å². The summed E-state index contributed by atoms with van der Waals surface area (Å²) in [6.07, 6.45) is 5.70. The molecule has 0 bridgehead atoms. The van der Waals surface area contributed by atoms with Gasteiger partial charge in [-0.1, -0.05) is 43.0 Å². The number of nitrogens with one attached hydrogen (secondary N) is 2. The first-order chi connectivity index (χ1) is 12.9. The van der Waals surface area contributed by atoms with E-state index in [-0.39, 0.29) is 5.41 Å². The van der Waals surface area contributed by atoms with Gasteiger partial charge in [-0.3, -0.25) is 9.59 Å². The lowest BCUT2D eigenvalue weighted by atomic mass is 9.73. The number of hydrogen-bond donors (Lipinski definition) is 2. The minimum atomic E-state index is -0.595. The molecule has 2 N–H and O–H groups in total. The Morgan fingerprint density at radius 3 is 2.30 bits per heavy atom. The van der Waals surface area contributed by atoms with Gasteiger partial charge in [-0.15, -0.1) is 11.3 Å². The van der Waals surface area contributed by atoms with Crippen LogP contribution in [0.2, 0.25) is 0 Å². The van der Waals surface area contributed by atoms with Crippen molar-refractivity contribution >= 4 is 28.8 Å². The third-order valence-corrected chi connectivity index (χ3v) is 6.68. The minimum absolute atomic E-state index is 0.0297. The Morgan fingerprint density at radius 2 is 1.70 bits per heavy atom. The first kappa shape index (κ1) is 19.6. The second kappa shape index (κ2) is 8.26. The summed E-state index contributed by atoms with van der Waals surface area (Å²) in [6, 6.07) is 8.23. The summed E-state index contributed by atoms with van der Waals surface area (Å²) in [5.41, 5.74) is 3.78. The predicted molar refractivity (Wildman–Crippen MR) is 111 cm³/mol. The monoisotopic (exact) mass is 384 g/mol. The summed E-state index contributed by atoms with van der Waals surface area (Å²) in [4.78, 5) is 26.2. The fourth-order valence-corrected chi connectivity index (χ4v) is 5.18. The highest BCUT2D eigenvalue weighted by Crippen LogP contribution is 2.41. The van der Waals surface area contributed by atoms with Crippen LogP contribution in [-0.4, -0.2) is 18.4 Å². The van der Waals surface area contributed by atoms with Crippen LogP contribution in [0.1, 0.15) is 53.7 Å². The predicted octanol–water partition coefficient (Wildman–Crippen LogP) is 4.63. The smallest absolute Gasteiger partial charge is 0.313 e. The van der Waals surface area contributed by atoms with E-state index in [1.54, 1.807) is 11.3 Å². The summed E-state index contributed by atoms with van der Waals surface area (Å²) in [7, 11) is 0. The highest BCUT2D eigenvalue weighted by molar-refractivity contribution is 7.10. The Kier molecular flexibility index (Phi) is 6.00. The molecule has 1 aromatic heterocycles. The van der Waals surface area contributed by atoms with Crippen molar-refractivity contribution in [2.75, 3.05) is 11.9 Å². The zero-order chi connectivity index (χ0) is 19.4. The molecule has 0 aliphatic heterocycles. The van der Waals surface area contributed by atoms with Gasteiger partial charge in [0.15, 0.2) is 0 Å². The van der Waals surface area contributed by atoms with Crippen LogP contribution in [0.25, 0.3) is 0 Å². The lowest BCUT2D eigenvalue weighted by molar-refractivity contribution is -0.136. The first-order valence-corrected chi connectivity index (χ1v) is 10.5. The van der Waals surface area contributed by atoms with E-state index in [0.29, 0.717) is 6.54 Å². The number of aryl methyl sites for hydroxylation is 3. The molecule has 1 aromatic carbocycles. The van der Waals surface area contributed by atoms with Gasteiger partial charge in [-0.2, -0.15) is 0 Å². The largest absolute Gasteiger partial charge is 0.347 e. The molecule has 0 spiro atoms. The van der Waals surface area contributed by atoms with Crippen molar-refractivity contribution in [1.29, 1.82) is 0 Å². The van der Waals surface area contributed by atoms with Gasteiger partial charge in [0.2, 0.25) is 0 Å². The second-order valence-electron chi connectivity index (χ2n) is 7.73. The van der Waals surface area contributed by atoms with E-state index in [4.69, 9.17) is 0 Å². The van der Waals surface area contributed by atoms with Crippen molar-refractivity contribution in [1.82, 2.24) is 5.32 Å². The molecule has 0 radical (unpaired) electrons. The number of hydrogen-bond acceptors (Lipinski definition) is 3. The maximum atomic E-state index is 12.5. The summed E-state index contributed by atoms with van der Waals surface area (Å²) in [5, 5.41) is 7.79. The van der Waals surface area contributed by atoms with Crippen LogP contribution in [0.5, 0.6) is 0 Å². The quantitative estimate of drug-likeness (QED) is 0.755. The van der Waals surface area contributed by atoms with Crippen molar-refractivity contribution in [3.8, 4) is 0 Å². The molecule has 1 saturated carbocycles. The van der Waals surface area contributed by atoms with Crippen molar-refractivity contribution in [2.24, 2.45) is 0 Å². The zero-order valence-electron chi connectivity index (χ0n) is 16.4. The number of thiophene rings is 1. The maximum Gasteiger partial charge on any atom is 0.313 e. The van der Waals surface area contributed by atoms with Crippen LogP contribution >= 0.6 is 11.3 Å². The summed E-state index contributed by atoms with van der Waals surface area (Å²) in [5.74, 6) is -1.15. The van der Waals surface area contributed by atoms with E-state index in [9.17, 15) is 9.59 Å². The van der Waals surface area contributed by atoms with Crippen molar-refractivity contribution in [3.63, 3.8) is 0 Å². The topological polar surface area (TPSA) is 58.2 Å². The molecule has 5 heteroatoms. The van der Waals surface area contributed by atoms with Crippen LogP contribution in [0.4, 0.5) is 5.69 Å². The second-order valence-corrected chi connectivity index (χ2v) is 8.68. The van der Waals surface area contributed by atoms with Crippen LogP contribution < -0.4 is 10.6 Å². The van der Waals surface area contributed by atoms with Crippen molar-refractivity contribution < 1.29 is 9.59 Å². The molecule has 4 nitrogen and oxygen atoms in total. The normalized spacial score (nSPS) is 16.0. The molecule has 27 heavy (non-hydrogen) atoms. The molecule has 0 unspecified atom stereocenters. The molecular formula is C22H28N2O2S. The highest BCUT2D eigenvalue weighted by Gasteiger charge is 2.35. The van der Waals surface area contributed by atoms with Gasteiger partial charge in [-0.05, 0) is 56.2 Å². The van der Waals surface area contributed by atoms with Crippen molar-refractivity contribution in [2.45, 2.75) is 58.3 Å². The highest BCUT2D eigenvalue weighted by atomic mass is 32.1. The molecule has 144 valence electrons. The van der Waals surface area contributed by atoms with E-state index in [0.717, 1.165) is 35.2 Å². The van der Waals surface area contributed by atoms with Crippen LogP contribution in [-0.2, 0) is 15.0 Å². The van der Waals surface area contributed by atoms with Crippen molar-refractivity contribution in [3.05, 3.63) is 51.2 Å². The van der Waals surface area contributed by atoms with Gasteiger partial charge >= 0.3 is 11.8 Å². The first-order valence-electron chi connectivity index (χ1n) is 9.62. The Bertz CT molecular complexity index is 798. The van der Waals surface area contributed by atoms with E-state index >= 15 is 0 Å². The number of benzene rings is 1. The van der Waals surface area contributed by atoms with E-state index in [1.165, 1.54) is 24.1 Å². The lowest BCUT2D eigenvalue weighted by Gasteiger charge is -2.36. The van der Waals surface area contributed by atoms with Crippen LogP contribution in [0.3, 0.4) is 0 Å². The third kappa shape index (κ3) is 4.41. The molecule has 3 rings (SSSR count). The third-order valence-electron chi connectivity index (χ3n) is 5.56. The standard InChI is InChI=1S/C22H28N2O2S/c1-15-12-16(2)19(17(3)13-15)24-21(26)20(25)23-14-22(9-5-4-6-10-22)18-8-7-11-27-18/h7-8,11-13H,4-6,9-10,14H2,1-3H3,(H,23,25)(H,24,26). The molecule has 1 fully saturated rings. The van der Waals surface area contributed by atoms with E-state index < -0.39 is 11.8 Å². The molecule has 0 atom stereocenters. The fourth-order valence-electron chi connectivity index (χ4n) is 4.20. The lowest BCUT2D eigenvalue weighted by Crippen LogP contribution is -2.45. The summed E-state index contributed by atoms with van der Waals surface area (Å²) in [6.45, 7) is 6.43. The van der Waals surface area contributed by atoms with Gasteiger partial charge in [-0.25, -0.2) is 0 Å². The van der Waals surface area contributed by atoms with E-state index in [1.807, 2.05) is 32.9 Å². The molecule has 1 aliphatic carbocycles. The average molecular weight is 385 g/mol. The van der Waals surface area contributed by atoms with Gasteiger partial charge in [0.25, 0.3) is 0 Å². The Morgan fingerprint density at radius 1 is 1.04 bits per heavy atom. The molecule has 1 aliphatic rings. The summed E-state index contributed by atoms with van der Waals surface area (Å²) >= 11 is 1.74. The Hall–Kier alpha value is -2.14. The van der Waals surface area contributed by atoms with Gasteiger partial charge < -0.3 is 10.6 Å². The number of carbonyl (C=O) groups is 2. The average Bonchev–Trinajstić information content (AvgIpc) is 3.18. The zero-order valence-corrected chi connectivity index (χ0v) is 17.2. The van der Waals surface area contributed by atoms with Gasteiger partial charge in [0.05, 0.1) is 0 Å². The van der Waals surface area contributed by atoms with Crippen LogP contribution in [0.15, 0.2) is 29.6 Å². The summed E-state index contributed by atoms with van der Waals surface area (Å²) < 4.78 is 0. The molecule has 2 amide bonds. The van der Waals surface area contributed by atoms with Gasteiger partial charge in [0, 0.05) is 22.5 Å². The molecular weight excluding hydrogens is 356 g/mol. The Balaban J connectivity index is 1.67. The number of anilines is 1. The minimum Gasteiger partial charge on any atom is -0.347 e. The Labute approximate surface area is 165 Å². The maximum absolute atomic E-state index is 12.5. The fraction of sp³-hybridized carbons (Fsp3) is 0.455. The SMILES string of the molecule is Cc1cc(C)c(NC(=O)C(=O)NCC2(c3cccs3)CCCCC2)c(C)c1. The number of carbonyl (C=O) groups excluding carboxylic acids is 2. The molecule has 0 saturated heterocycles. The molecule has 1 heterocycles. The molecule has 2 aromatic rings.